The van der Waals surface area contributed by atoms with E-state index in [1.165, 1.54) is 35.2 Å². The highest BCUT2D eigenvalue weighted by atomic mass is 35.5. The summed E-state index contributed by atoms with van der Waals surface area (Å²) in [7, 11) is 0. The summed E-state index contributed by atoms with van der Waals surface area (Å²) in [6, 6.07) is 9.52. The van der Waals surface area contributed by atoms with Gasteiger partial charge in [0.25, 0.3) is 0 Å². The number of carbonyl (C=O) groups excluding carboxylic acids is 2. The first-order chi connectivity index (χ1) is 11.9. The number of urea groups is 1. The third-order valence-corrected chi connectivity index (χ3v) is 4.34. The van der Waals surface area contributed by atoms with Gasteiger partial charge in [-0.05, 0) is 42.5 Å². The van der Waals surface area contributed by atoms with Gasteiger partial charge in [0.2, 0.25) is 5.91 Å². The molecule has 3 rings (SSSR count). The molecule has 1 aliphatic heterocycles. The lowest BCUT2D eigenvalue weighted by atomic mass is 10.2. The topological polar surface area (TPSA) is 61.4 Å². The maximum Gasteiger partial charge on any atom is 0.319 e. The monoisotopic (exact) mass is 381 g/mol. The van der Waals surface area contributed by atoms with Crippen LogP contribution in [0.1, 0.15) is 6.42 Å². The largest absolute Gasteiger partial charge is 0.333 e. The van der Waals surface area contributed by atoms with E-state index in [0.29, 0.717) is 28.0 Å². The van der Waals surface area contributed by atoms with Crippen LogP contribution in [0.15, 0.2) is 42.5 Å². The molecule has 2 aromatic rings. The molecule has 1 aliphatic rings. The van der Waals surface area contributed by atoms with E-state index in [1.54, 1.807) is 12.1 Å². The van der Waals surface area contributed by atoms with Gasteiger partial charge in [-0.25, -0.2) is 9.18 Å². The van der Waals surface area contributed by atoms with E-state index in [9.17, 15) is 14.0 Å². The lowest BCUT2D eigenvalue weighted by Gasteiger charge is -2.17. The van der Waals surface area contributed by atoms with Crippen molar-refractivity contribution in [2.45, 2.75) is 12.5 Å². The van der Waals surface area contributed by atoms with Crippen LogP contribution in [0.5, 0.6) is 0 Å². The third-order valence-electron chi connectivity index (χ3n) is 3.78. The summed E-state index contributed by atoms with van der Waals surface area (Å²) >= 11 is 11.9. The standard InChI is InChI=1S/C17H14Cl2FN3O2/c18-10-1-6-14(19)15(7-10)22-17(25)21-12-8-16(24)23(9-12)13-4-2-11(20)3-5-13/h1-7,12H,8-9H2,(H2,21,22,25). The van der Waals surface area contributed by atoms with E-state index in [4.69, 9.17) is 23.2 Å². The normalized spacial score (nSPS) is 16.8. The molecular formula is C17H14Cl2FN3O2. The smallest absolute Gasteiger partial charge is 0.319 e. The Kier molecular flexibility index (Phi) is 5.11. The van der Waals surface area contributed by atoms with Crippen molar-refractivity contribution >= 4 is 46.5 Å². The molecule has 1 fully saturated rings. The van der Waals surface area contributed by atoms with E-state index < -0.39 is 6.03 Å². The minimum Gasteiger partial charge on any atom is -0.333 e. The maximum absolute atomic E-state index is 13.0. The number of amides is 3. The molecule has 1 unspecified atom stereocenters. The number of carbonyl (C=O) groups is 2. The van der Waals surface area contributed by atoms with Crippen molar-refractivity contribution in [3.63, 3.8) is 0 Å². The maximum atomic E-state index is 13.0. The molecule has 130 valence electrons. The molecule has 3 amide bonds. The van der Waals surface area contributed by atoms with E-state index in [0.717, 1.165) is 0 Å². The van der Waals surface area contributed by atoms with Crippen molar-refractivity contribution in [3.8, 4) is 0 Å². The number of hydrogen-bond acceptors (Lipinski definition) is 2. The summed E-state index contributed by atoms with van der Waals surface area (Å²) in [5, 5.41) is 6.14. The third kappa shape index (κ3) is 4.21. The molecule has 8 heteroatoms. The van der Waals surface area contributed by atoms with Gasteiger partial charge < -0.3 is 15.5 Å². The van der Waals surface area contributed by atoms with Crippen LogP contribution in [0, 0.1) is 5.82 Å². The molecule has 2 aromatic carbocycles. The van der Waals surface area contributed by atoms with Crippen LogP contribution in [0.3, 0.4) is 0 Å². The first kappa shape index (κ1) is 17.5. The predicted octanol–water partition coefficient (Wildman–Crippen LogP) is 4.06. The van der Waals surface area contributed by atoms with E-state index in [-0.39, 0.29) is 24.2 Å². The van der Waals surface area contributed by atoms with E-state index in [2.05, 4.69) is 10.6 Å². The fraction of sp³-hybridized carbons (Fsp3) is 0.176. The Morgan fingerprint density at radius 2 is 1.88 bits per heavy atom. The zero-order valence-corrected chi connectivity index (χ0v) is 14.4. The molecule has 0 bridgehead atoms. The summed E-state index contributed by atoms with van der Waals surface area (Å²) in [6.07, 6.45) is 0.161. The van der Waals surface area contributed by atoms with Gasteiger partial charge in [0, 0.05) is 23.7 Å². The van der Waals surface area contributed by atoms with Gasteiger partial charge in [0.1, 0.15) is 5.82 Å². The van der Waals surface area contributed by atoms with E-state index in [1.807, 2.05) is 0 Å². The van der Waals surface area contributed by atoms with Gasteiger partial charge in [0.05, 0.1) is 16.8 Å². The summed E-state index contributed by atoms with van der Waals surface area (Å²) in [5.41, 5.74) is 0.973. The number of hydrogen-bond donors (Lipinski definition) is 2. The molecule has 0 saturated carbocycles. The van der Waals surface area contributed by atoms with Crippen molar-refractivity contribution in [2.75, 3.05) is 16.8 Å². The second-order valence-corrected chi connectivity index (χ2v) is 6.45. The molecule has 5 nitrogen and oxygen atoms in total. The number of rotatable bonds is 3. The zero-order chi connectivity index (χ0) is 18.0. The Bertz CT molecular complexity index is 814. The summed E-state index contributed by atoms with van der Waals surface area (Å²) in [4.78, 5) is 25.8. The van der Waals surface area contributed by atoms with Gasteiger partial charge >= 0.3 is 6.03 Å². The van der Waals surface area contributed by atoms with Crippen molar-refractivity contribution < 1.29 is 14.0 Å². The Morgan fingerprint density at radius 3 is 2.60 bits per heavy atom. The average molecular weight is 382 g/mol. The van der Waals surface area contributed by atoms with Gasteiger partial charge in [-0.15, -0.1) is 0 Å². The van der Waals surface area contributed by atoms with Crippen molar-refractivity contribution in [1.82, 2.24) is 5.32 Å². The molecule has 0 spiro atoms. The fourth-order valence-corrected chi connectivity index (χ4v) is 2.95. The highest BCUT2D eigenvalue weighted by molar-refractivity contribution is 6.35. The van der Waals surface area contributed by atoms with Crippen LogP contribution in [0.2, 0.25) is 10.0 Å². The molecule has 0 aromatic heterocycles. The molecule has 0 radical (unpaired) electrons. The van der Waals surface area contributed by atoms with Gasteiger partial charge in [-0.3, -0.25) is 4.79 Å². The van der Waals surface area contributed by atoms with Crippen LogP contribution in [-0.4, -0.2) is 24.5 Å². The lowest BCUT2D eigenvalue weighted by Crippen LogP contribution is -2.39. The minimum atomic E-state index is -0.483. The summed E-state index contributed by atoms with van der Waals surface area (Å²) in [6.45, 7) is 0.307. The first-order valence-electron chi connectivity index (χ1n) is 7.51. The Balaban J connectivity index is 1.62. The van der Waals surface area contributed by atoms with Crippen molar-refractivity contribution in [2.24, 2.45) is 0 Å². The Morgan fingerprint density at radius 1 is 1.16 bits per heavy atom. The second-order valence-electron chi connectivity index (χ2n) is 5.60. The molecular weight excluding hydrogens is 368 g/mol. The van der Waals surface area contributed by atoms with Crippen LogP contribution >= 0.6 is 23.2 Å². The number of nitrogens with one attached hydrogen (secondary N) is 2. The van der Waals surface area contributed by atoms with Gasteiger partial charge in [-0.1, -0.05) is 23.2 Å². The van der Waals surface area contributed by atoms with Gasteiger partial charge in [0.15, 0.2) is 0 Å². The molecule has 1 heterocycles. The molecule has 2 N–H and O–H groups in total. The van der Waals surface area contributed by atoms with Crippen molar-refractivity contribution in [3.05, 3.63) is 58.3 Å². The quantitative estimate of drug-likeness (QED) is 0.841. The zero-order valence-electron chi connectivity index (χ0n) is 12.9. The molecule has 1 saturated heterocycles. The number of nitrogens with zero attached hydrogens (tertiary/aromatic N) is 1. The fourth-order valence-electron chi connectivity index (χ4n) is 2.61. The number of halogens is 3. The van der Waals surface area contributed by atoms with Crippen LogP contribution in [-0.2, 0) is 4.79 Å². The predicted molar refractivity (Wildman–Crippen MR) is 95.8 cm³/mol. The average Bonchev–Trinajstić information content (AvgIpc) is 2.92. The SMILES string of the molecule is O=C(Nc1cc(Cl)ccc1Cl)NC1CC(=O)N(c2ccc(F)cc2)C1. The number of anilines is 2. The van der Waals surface area contributed by atoms with Gasteiger partial charge in [-0.2, -0.15) is 0 Å². The van der Waals surface area contributed by atoms with Crippen LogP contribution in [0.4, 0.5) is 20.6 Å². The summed E-state index contributed by atoms with van der Waals surface area (Å²) in [5.74, 6) is -0.513. The Labute approximate surface area is 153 Å². The minimum absolute atomic E-state index is 0.141. The molecule has 1 atom stereocenters. The van der Waals surface area contributed by atoms with Crippen molar-refractivity contribution in [1.29, 1.82) is 0 Å². The second kappa shape index (κ2) is 7.29. The number of benzene rings is 2. The molecule has 25 heavy (non-hydrogen) atoms. The van der Waals surface area contributed by atoms with Crippen LogP contribution < -0.4 is 15.5 Å². The Hall–Kier alpha value is -2.31. The molecule has 0 aliphatic carbocycles. The lowest BCUT2D eigenvalue weighted by molar-refractivity contribution is -0.117. The highest BCUT2D eigenvalue weighted by Gasteiger charge is 2.31. The van der Waals surface area contributed by atoms with E-state index >= 15 is 0 Å². The first-order valence-corrected chi connectivity index (χ1v) is 8.26. The highest BCUT2D eigenvalue weighted by Crippen LogP contribution is 2.26. The summed E-state index contributed by atoms with van der Waals surface area (Å²) < 4.78 is 13.0. The van der Waals surface area contributed by atoms with Crippen LogP contribution in [0.25, 0.3) is 0 Å².